The molecule has 0 saturated heterocycles. The second kappa shape index (κ2) is 7.78. The first-order valence-electron chi connectivity index (χ1n) is 3.09. The molecular formula is C6H14ClNO3. The van der Waals surface area contributed by atoms with Crippen LogP contribution in [0.2, 0.25) is 0 Å². The molecule has 0 radical (unpaired) electrons. The lowest BCUT2D eigenvalue weighted by Gasteiger charge is -2.05. The van der Waals surface area contributed by atoms with Crippen LogP contribution in [0.5, 0.6) is 0 Å². The molecule has 5 heteroatoms. The quantitative estimate of drug-likeness (QED) is 0.490. The summed E-state index contributed by atoms with van der Waals surface area (Å²) in [5.74, 6) is -0.392. The Morgan fingerprint density at radius 1 is 1.55 bits per heavy atom. The van der Waals surface area contributed by atoms with Gasteiger partial charge in [-0.25, -0.2) is 0 Å². The molecule has 0 aliphatic rings. The fraction of sp³-hybridized carbons (Fsp3) is 0.833. The van der Waals surface area contributed by atoms with Crippen LogP contribution < -0.4 is 5.73 Å². The molecule has 1 atom stereocenters. The van der Waals surface area contributed by atoms with Gasteiger partial charge in [-0.2, -0.15) is 0 Å². The van der Waals surface area contributed by atoms with Crippen molar-refractivity contribution in [1.29, 1.82) is 0 Å². The first-order valence-corrected chi connectivity index (χ1v) is 3.09. The highest BCUT2D eigenvalue weighted by atomic mass is 35.5. The number of carbonyl (C=O) groups is 1. The van der Waals surface area contributed by atoms with E-state index in [2.05, 4.69) is 9.47 Å². The van der Waals surface area contributed by atoms with Gasteiger partial charge in [0, 0.05) is 7.11 Å². The Balaban J connectivity index is 0. The van der Waals surface area contributed by atoms with Crippen molar-refractivity contribution in [2.75, 3.05) is 20.3 Å². The van der Waals surface area contributed by atoms with E-state index in [0.717, 1.165) is 0 Å². The highest BCUT2D eigenvalue weighted by Crippen LogP contribution is 1.83. The van der Waals surface area contributed by atoms with Crippen molar-refractivity contribution in [2.24, 2.45) is 5.73 Å². The number of ether oxygens (including phenoxy) is 2. The summed E-state index contributed by atoms with van der Waals surface area (Å²) >= 11 is 0. The zero-order valence-electron chi connectivity index (χ0n) is 6.70. The van der Waals surface area contributed by atoms with Gasteiger partial charge in [-0.15, -0.1) is 12.4 Å². The predicted octanol–water partition coefficient (Wildman–Crippen LogP) is -0.0550. The number of methoxy groups -OCH3 is 1. The molecule has 0 aromatic heterocycles. The summed E-state index contributed by atoms with van der Waals surface area (Å²) in [6, 6.07) is -0.545. The zero-order valence-corrected chi connectivity index (χ0v) is 7.52. The largest absolute Gasteiger partial charge is 0.462 e. The maximum Gasteiger partial charge on any atom is 0.322 e. The lowest BCUT2D eigenvalue weighted by molar-refractivity contribution is -0.145. The SMILES string of the molecule is COCCOC(=O)[C@H](C)N.Cl. The lowest BCUT2D eigenvalue weighted by Crippen LogP contribution is -2.29. The van der Waals surface area contributed by atoms with Gasteiger partial charge < -0.3 is 15.2 Å². The zero-order chi connectivity index (χ0) is 7.98. The maximum absolute atomic E-state index is 10.6. The fourth-order valence-corrected chi connectivity index (χ4v) is 0.357. The molecule has 0 heterocycles. The van der Waals surface area contributed by atoms with Gasteiger partial charge in [0.15, 0.2) is 0 Å². The van der Waals surface area contributed by atoms with Crippen LogP contribution in [0.3, 0.4) is 0 Å². The standard InChI is InChI=1S/C6H13NO3.ClH/c1-5(7)6(8)10-4-3-9-2;/h5H,3-4,7H2,1-2H3;1H/t5-;/m0./s1. The van der Waals surface area contributed by atoms with E-state index in [1.165, 1.54) is 0 Å². The van der Waals surface area contributed by atoms with E-state index in [1.807, 2.05) is 0 Å². The summed E-state index contributed by atoms with van der Waals surface area (Å²) in [5.41, 5.74) is 5.20. The van der Waals surface area contributed by atoms with Gasteiger partial charge in [0.2, 0.25) is 0 Å². The predicted molar refractivity (Wildman–Crippen MR) is 43.7 cm³/mol. The van der Waals surface area contributed by atoms with Crippen molar-refractivity contribution in [2.45, 2.75) is 13.0 Å². The molecule has 0 bridgehead atoms. The van der Waals surface area contributed by atoms with Crippen molar-refractivity contribution >= 4 is 18.4 Å². The van der Waals surface area contributed by atoms with Crippen molar-refractivity contribution in [3.8, 4) is 0 Å². The minimum atomic E-state index is -0.545. The molecule has 2 N–H and O–H groups in total. The van der Waals surface area contributed by atoms with Crippen molar-refractivity contribution in [3.05, 3.63) is 0 Å². The van der Waals surface area contributed by atoms with Gasteiger partial charge in [-0.3, -0.25) is 4.79 Å². The van der Waals surface area contributed by atoms with Crippen LogP contribution >= 0.6 is 12.4 Å². The molecule has 0 rings (SSSR count). The van der Waals surface area contributed by atoms with Crippen LogP contribution in [0.15, 0.2) is 0 Å². The molecule has 0 aromatic carbocycles. The molecule has 0 aliphatic carbocycles. The normalized spacial score (nSPS) is 11.5. The summed E-state index contributed by atoms with van der Waals surface area (Å²) in [6.45, 7) is 2.27. The molecule has 0 amide bonds. The van der Waals surface area contributed by atoms with Crippen LogP contribution in [-0.4, -0.2) is 32.3 Å². The van der Waals surface area contributed by atoms with Crippen molar-refractivity contribution < 1.29 is 14.3 Å². The van der Waals surface area contributed by atoms with Gasteiger partial charge in [-0.05, 0) is 6.92 Å². The highest BCUT2D eigenvalue weighted by Gasteiger charge is 2.06. The number of halogens is 1. The van der Waals surface area contributed by atoms with Gasteiger partial charge in [0.05, 0.1) is 6.61 Å². The summed E-state index contributed by atoms with van der Waals surface area (Å²) < 4.78 is 9.31. The summed E-state index contributed by atoms with van der Waals surface area (Å²) in [5, 5.41) is 0. The minimum Gasteiger partial charge on any atom is -0.462 e. The Kier molecular flexibility index (Phi) is 9.40. The molecule has 0 spiro atoms. The first kappa shape index (κ1) is 13.3. The van der Waals surface area contributed by atoms with Crippen LogP contribution in [0.25, 0.3) is 0 Å². The monoisotopic (exact) mass is 183 g/mol. The fourth-order valence-electron chi connectivity index (χ4n) is 0.357. The number of hydrogen-bond acceptors (Lipinski definition) is 4. The third kappa shape index (κ3) is 7.58. The summed E-state index contributed by atoms with van der Waals surface area (Å²) in [7, 11) is 1.54. The highest BCUT2D eigenvalue weighted by molar-refractivity contribution is 5.85. The van der Waals surface area contributed by atoms with E-state index >= 15 is 0 Å². The number of esters is 1. The van der Waals surface area contributed by atoms with E-state index < -0.39 is 12.0 Å². The smallest absolute Gasteiger partial charge is 0.322 e. The summed E-state index contributed by atoms with van der Waals surface area (Å²) in [4.78, 5) is 10.6. The average molecular weight is 184 g/mol. The second-order valence-electron chi connectivity index (χ2n) is 1.95. The number of nitrogens with two attached hydrogens (primary N) is 1. The summed E-state index contributed by atoms with van der Waals surface area (Å²) in [6.07, 6.45) is 0. The molecule has 4 nitrogen and oxygen atoms in total. The second-order valence-corrected chi connectivity index (χ2v) is 1.95. The number of carbonyl (C=O) groups excluding carboxylic acids is 1. The van der Waals surface area contributed by atoms with Crippen LogP contribution in [0.1, 0.15) is 6.92 Å². The molecule has 0 saturated carbocycles. The first-order chi connectivity index (χ1) is 4.68. The third-order valence-corrected chi connectivity index (χ3v) is 0.904. The third-order valence-electron chi connectivity index (χ3n) is 0.904. The molecule has 0 unspecified atom stereocenters. The maximum atomic E-state index is 10.6. The molecular weight excluding hydrogens is 170 g/mol. The Hall–Kier alpha value is -0.320. The van der Waals surface area contributed by atoms with Crippen LogP contribution in [0.4, 0.5) is 0 Å². The van der Waals surface area contributed by atoms with Gasteiger partial charge in [0.25, 0.3) is 0 Å². The molecule has 0 fully saturated rings. The lowest BCUT2D eigenvalue weighted by atomic mass is 10.4. The van der Waals surface area contributed by atoms with Crippen molar-refractivity contribution in [1.82, 2.24) is 0 Å². The van der Waals surface area contributed by atoms with Gasteiger partial charge in [-0.1, -0.05) is 0 Å². The molecule has 0 aromatic rings. The number of rotatable bonds is 4. The number of hydrogen-bond donors (Lipinski definition) is 1. The van der Waals surface area contributed by atoms with Gasteiger partial charge >= 0.3 is 5.97 Å². The van der Waals surface area contributed by atoms with E-state index in [9.17, 15) is 4.79 Å². The molecule has 11 heavy (non-hydrogen) atoms. The minimum absolute atomic E-state index is 0. The topological polar surface area (TPSA) is 61.5 Å². The van der Waals surface area contributed by atoms with Crippen LogP contribution in [-0.2, 0) is 14.3 Å². The van der Waals surface area contributed by atoms with E-state index in [-0.39, 0.29) is 19.0 Å². The Bertz CT molecular complexity index is 108. The van der Waals surface area contributed by atoms with Crippen LogP contribution in [0, 0.1) is 0 Å². The van der Waals surface area contributed by atoms with Gasteiger partial charge in [0.1, 0.15) is 12.6 Å². The Morgan fingerprint density at radius 2 is 2.09 bits per heavy atom. The average Bonchev–Trinajstić information content (AvgIpc) is 1.88. The van der Waals surface area contributed by atoms with Crippen molar-refractivity contribution in [3.63, 3.8) is 0 Å². The Morgan fingerprint density at radius 3 is 2.45 bits per heavy atom. The van der Waals surface area contributed by atoms with E-state index in [1.54, 1.807) is 14.0 Å². The Labute approximate surface area is 72.4 Å². The molecule has 68 valence electrons. The van der Waals surface area contributed by atoms with E-state index in [4.69, 9.17) is 5.73 Å². The van der Waals surface area contributed by atoms with E-state index in [0.29, 0.717) is 6.61 Å². The molecule has 0 aliphatic heterocycles.